The molecule has 156 valence electrons. The van der Waals surface area contributed by atoms with Gasteiger partial charge in [-0.15, -0.1) is 0 Å². The number of hydrogen-bond donors (Lipinski definition) is 1. The molecule has 0 radical (unpaired) electrons. The molecule has 0 bridgehead atoms. The molecule has 0 fully saturated rings. The summed E-state index contributed by atoms with van der Waals surface area (Å²) in [6.07, 6.45) is 18.6. The van der Waals surface area contributed by atoms with Crippen molar-refractivity contribution in [2.45, 2.75) is 109 Å². The van der Waals surface area contributed by atoms with Crippen LogP contribution in [0, 0.1) is 0 Å². The van der Waals surface area contributed by atoms with Crippen molar-refractivity contribution in [3.05, 3.63) is 11.9 Å². The van der Waals surface area contributed by atoms with Crippen LogP contribution in [0.1, 0.15) is 114 Å². The number of ketones is 1. The molecule has 0 saturated carbocycles. The normalized spacial score (nSPS) is 11.8. The molecule has 1 rings (SSSR count). The van der Waals surface area contributed by atoms with Crippen LogP contribution in [0.4, 0.5) is 0 Å². The van der Waals surface area contributed by atoms with Crippen molar-refractivity contribution < 1.29 is 13.2 Å². The van der Waals surface area contributed by atoms with Crippen LogP contribution in [0.2, 0.25) is 0 Å². The van der Waals surface area contributed by atoms with Gasteiger partial charge in [0.1, 0.15) is 5.69 Å². The molecule has 27 heavy (non-hydrogen) atoms. The van der Waals surface area contributed by atoms with Crippen molar-refractivity contribution in [2.75, 3.05) is 5.75 Å². The smallest absolute Gasteiger partial charge is 0.225 e. The molecule has 0 atom stereocenters. The molecular formula is C21H38N2O3S. The largest absolute Gasteiger partial charge is 0.326 e. The van der Waals surface area contributed by atoms with E-state index in [1.807, 2.05) is 0 Å². The fourth-order valence-electron chi connectivity index (χ4n) is 3.22. The lowest BCUT2D eigenvalue weighted by molar-refractivity contribution is 0.101. The topological polar surface area (TPSA) is 79.9 Å². The zero-order valence-corrected chi connectivity index (χ0v) is 18.1. The summed E-state index contributed by atoms with van der Waals surface area (Å²) < 4.78 is 24.4. The number of carbonyl (C=O) groups is 1. The maximum atomic E-state index is 12.2. The second-order valence-corrected chi connectivity index (χ2v) is 9.60. The summed E-state index contributed by atoms with van der Waals surface area (Å²) in [5.41, 5.74) is 0.245. The fourth-order valence-corrected chi connectivity index (χ4v) is 4.48. The first-order chi connectivity index (χ1) is 13.0. The Morgan fingerprint density at radius 1 is 0.852 bits per heavy atom. The number of aromatic amines is 1. The van der Waals surface area contributed by atoms with E-state index < -0.39 is 9.84 Å². The third-order valence-electron chi connectivity index (χ3n) is 4.99. The predicted octanol–water partition coefficient (Wildman–Crippen LogP) is 5.87. The highest BCUT2D eigenvalue weighted by Crippen LogP contribution is 2.14. The van der Waals surface area contributed by atoms with Crippen molar-refractivity contribution in [1.29, 1.82) is 0 Å². The number of nitrogens with one attached hydrogen (secondary N) is 1. The zero-order valence-electron chi connectivity index (χ0n) is 17.3. The molecule has 0 aromatic carbocycles. The molecule has 6 heteroatoms. The van der Waals surface area contributed by atoms with Crippen LogP contribution in [0.15, 0.2) is 11.4 Å². The van der Waals surface area contributed by atoms with Gasteiger partial charge in [-0.1, -0.05) is 90.4 Å². The van der Waals surface area contributed by atoms with E-state index in [4.69, 9.17) is 0 Å². The number of aromatic nitrogens is 2. The van der Waals surface area contributed by atoms with E-state index in [1.165, 1.54) is 83.7 Å². The van der Waals surface area contributed by atoms with Crippen molar-refractivity contribution in [1.82, 2.24) is 9.97 Å². The molecule has 1 aromatic rings. The minimum Gasteiger partial charge on any atom is -0.326 e. The molecule has 0 aliphatic rings. The van der Waals surface area contributed by atoms with Gasteiger partial charge in [0.25, 0.3) is 0 Å². The Morgan fingerprint density at radius 3 is 1.70 bits per heavy atom. The number of H-pyrrole nitrogens is 1. The van der Waals surface area contributed by atoms with Gasteiger partial charge in [0.2, 0.25) is 15.0 Å². The van der Waals surface area contributed by atoms with Gasteiger partial charge in [0, 0.05) is 6.92 Å². The number of sulfone groups is 1. The summed E-state index contributed by atoms with van der Waals surface area (Å²) in [6.45, 7) is 3.64. The molecule has 0 unspecified atom stereocenters. The molecule has 1 aromatic heterocycles. The molecule has 0 aliphatic heterocycles. The number of unbranched alkanes of at least 4 members (excludes halogenated alkanes) is 13. The van der Waals surface area contributed by atoms with Crippen molar-refractivity contribution >= 4 is 15.6 Å². The Balaban J connectivity index is 1.98. The van der Waals surface area contributed by atoms with Crippen LogP contribution in [-0.2, 0) is 9.84 Å². The number of Topliss-reactive ketones (excluding diaryl/α,β-unsaturated/α-hetero) is 1. The molecule has 1 N–H and O–H groups in total. The molecular weight excluding hydrogens is 360 g/mol. The summed E-state index contributed by atoms with van der Waals surface area (Å²) >= 11 is 0. The minimum absolute atomic E-state index is 0.0811. The van der Waals surface area contributed by atoms with Gasteiger partial charge in [-0.25, -0.2) is 13.4 Å². The lowest BCUT2D eigenvalue weighted by Crippen LogP contribution is -2.09. The van der Waals surface area contributed by atoms with Gasteiger partial charge < -0.3 is 4.98 Å². The second kappa shape index (κ2) is 13.9. The van der Waals surface area contributed by atoms with E-state index in [9.17, 15) is 13.2 Å². The zero-order chi connectivity index (χ0) is 20.0. The molecule has 0 amide bonds. The van der Waals surface area contributed by atoms with Crippen LogP contribution in [0.5, 0.6) is 0 Å². The summed E-state index contributed by atoms with van der Waals surface area (Å²) in [6, 6.07) is 0. The third-order valence-corrected chi connectivity index (χ3v) is 6.62. The summed E-state index contributed by atoms with van der Waals surface area (Å²) in [4.78, 5) is 17.6. The average molecular weight is 399 g/mol. The van der Waals surface area contributed by atoms with Gasteiger partial charge in [-0.3, -0.25) is 4.79 Å². The van der Waals surface area contributed by atoms with Gasteiger partial charge in [-0.2, -0.15) is 0 Å². The van der Waals surface area contributed by atoms with Gasteiger partial charge in [0.15, 0.2) is 5.78 Å². The fraction of sp³-hybridized carbons (Fsp3) is 0.810. The number of imidazole rings is 1. The van der Waals surface area contributed by atoms with E-state index >= 15 is 0 Å². The minimum atomic E-state index is -3.41. The second-order valence-electron chi connectivity index (χ2n) is 7.57. The maximum Gasteiger partial charge on any atom is 0.225 e. The van der Waals surface area contributed by atoms with Crippen LogP contribution < -0.4 is 0 Å². The van der Waals surface area contributed by atoms with Gasteiger partial charge in [0.05, 0.1) is 11.9 Å². The molecule has 0 aliphatic carbocycles. The first kappa shape index (κ1) is 23.9. The SMILES string of the molecule is CCCCCCCCCCCCCCCCS(=O)(=O)c1ncc(C(C)=O)[nH]1. The van der Waals surface area contributed by atoms with Crippen LogP contribution in [0.25, 0.3) is 0 Å². The Kier molecular flexibility index (Phi) is 12.3. The maximum absolute atomic E-state index is 12.2. The Hall–Kier alpha value is -1.17. The predicted molar refractivity (Wildman–Crippen MR) is 111 cm³/mol. The molecule has 0 saturated heterocycles. The average Bonchev–Trinajstić information content (AvgIpc) is 3.13. The summed E-state index contributed by atoms with van der Waals surface area (Å²) in [5, 5.41) is -0.0811. The molecule has 0 spiro atoms. The Labute approximate surface area is 165 Å². The van der Waals surface area contributed by atoms with E-state index in [0.29, 0.717) is 6.42 Å². The van der Waals surface area contributed by atoms with Crippen LogP contribution in [0.3, 0.4) is 0 Å². The lowest BCUT2D eigenvalue weighted by Gasteiger charge is -2.04. The third kappa shape index (κ3) is 10.7. The van der Waals surface area contributed by atoms with E-state index in [0.717, 1.165) is 12.8 Å². The van der Waals surface area contributed by atoms with Crippen molar-refractivity contribution in [3.63, 3.8) is 0 Å². The van der Waals surface area contributed by atoms with Gasteiger partial charge >= 0.3 is 0 Å². The monoisotopic (exact) mass is 398 g/mol. The molecule has 1 heterocycles. The van der Waals surface area contributed by atoms with Crippen LogP contribution in [-0.4, -0.2) is 29.9 Å². The van der Waals surface area contributed by atoms with E-state index in [2.05, 4.69) is 16.9 Å². The Morgan fingerprint density at radius 2 is 1.30 bits per heavy atom. The van der Waals surface area contributed by atoms with Crippen molar-refractivity contribution in [2.24, 2.45) is 0 Å². The first-order valence-electron chi connectivity index (χ1n) is 10.8. The molecule has 5 nitrogen and oxygen atoms in total. The highest BCUT2D eigenvalue weighted by atomic mass is 32.2. The number of nitrogens with zero attached hydrogens (tertiary/aromatic N) is 1. The van der Waals surface area contributed by atoms with E-state index in [1.54, 1.807) is 0 Å². The van der Waals surface area contributed by atoms with Crippen LogP contribution >= 0.6 is 0 Å². The summed E-state index contributed by atoms with van der Waals surface area (Å²) in [7, 11) is -3.41. The lowest BCUT2D eigenvalue weighted by atomic mass is 10.0. The van der Waals surface area contributed by atoms with E-state index in [-0.39, 0.29) is 22.4 Å². The number of rotatable bonds is 17. The Bertz CT molecular complexity index is 623. The highest BCUT2D eigenvalue weighted by molar-refractivity contribution is 7.91. The highest BCUT2D eigenvalue weighted by Gasteiger charge is 2.18. The number of hydrogen-bond acceptors (Lipinski definition) is 4. The first-order valence-corrected chi connectivity index (χ1v) is 12.4. The van der Waals surface area contributed by atoms with Crippen molar-refractivity contribution in [3.8, 4) is 0 Å². The van der Waals surface area contributed by atoms with Gasteiger partial charge in [-0.05, 0) is 6.42 Å². The standard InChI is InChI=1S/C21H38N2O3S/c1-3-4-5-6-7-8-9-10-11-12-13-14-15-16-17-27(25,26)21-22-18-20(23-21)19(2)24/h18H,3-17H2,1-2H3,(H,22,23). The summed E-state index contributed by atoms with van der Waals surface area (Å²) in [5.74, 6) is -0.115. The number of carbonyl (C=O) groups excluding carboxylic acids is 1. The quantitative estimate of drug-likeness (QED) is 0.263.